The van der Waals surface area contributed by atoms with Gasteiger partial charge in [-0.3, -0.25) is 9.59 Å². The normalized spacial score (nSPS) is 13.7. The van der Waals surface area contributed by atoms with Crippen molar-refractivity contribution in [2.45, 2.75) is 44.9 Å². The Hall–Kier alpha value is -3.53. The number of hydrogen-bond donors (Lipinski definition) is 2. The van der Waals surface area contributed by atoms with Gasteiger partial charge in [-0.25, -0.2) is 9.67 Å². The first-order chi connectivity index (χ1) is 19.0. The molecule has 1 aliphatic carbocycles. The van der Waals surface area contributed by atoms with Crippen LogP contribution < -0.4 is 10.6 Å². The molecule has 40 heavy (non-hydrogen) atoms. The molecule has 1 aromatic carbocycles. The van der Waals surface area contributed by atoms with Crippen molar-refractivity contribution < 1.29 is 22.8 Å². The van der Waals surface area contributed by atoms with E-state index < -0.39 is 17.8 Å². The molecule has 0 saturated heterocycles. The summed E-state index contributed by atoms with van der Waals surface area (Å²) in [5.41, 5.74) is 0.321. The highest BCUT2D eigenvalue weighted by atomic mass is 127. The molecule has 10 nitrogen and oxygen atoms in total. The number of alkyl halides is 3. The van der Waals surface area contributed by atoms with Crippen LogP contribution in [0.2, 0.25) is 5.02 Å². The zero-order valence-electron chi connectivity index (χ0n) is 20.8. The van der Waals surface area contributed by atoms with Crippen molar-refractivity contribution >= 4 is 51.7 Å². The highest BCUT2D eigenvalue weighted by molar-refractivity contribution is 14.1. The zero-order chi connectivity index (χ0) is 28.6. The van der Waals surface area contributed by atoms with Gasteiger partial charge in [-0.1, -0.05) is 11.6 Å². The van der Waals surface area contributed by atoms with Crippen molar-refractivity contribution in [2.24, 2.45) is 0 Å². The fraction of sp³-hybridized carbons (Fsp3) is 0.280. The van der Waals surface area contributed by atoms with Crippen molar-refractivity contribution in [2.75, 3.05) is 5.32 Å². The summed E-state index contributed by atoms with van der Waals surface area (Å²) >= 11 is 8.44. The van der Waals surface area contributed by atoms with Crippen molar-refractivity contribution in [1.29, 1.82) is 0 Å². The molecule has 0 spiro atoms. The molecule has 1 saturated carbocycles. The maximum absolute atomic E-state index is 13.7. The second kappa shape index (κ2) is 11.2. The monoisotopic (exact) mass is 684 g/mol. The number of halogens is 5. The van der Waals surface area contributed by atoms with E-state index in [-0.39, 0.29) is 40.7 Å². The van der Waals surface area contributed by atoms with Gasteiger partial charge in [-0.05, 0) is 84.7 Å². The van der Waals surface area contributed by atoms with Gasteiger partial charge in [-0.2, -0.15) is 28.2 Å². The van der Waals surface area contributed by atoms with Gasteiger partial charge < -0.3 is 10.6 Å². The number of aromatic nitrogens is 6. The highest BCUT2D eigenvalue weighted by Crippen LogP contribution is 2.28. The first-order valence-electron chi connectivity index (χ1n) is 12.1. The number of aryl methyl sites for hydroxylation is 1. The molecular weight excluding hydrogens is 664 g/mol. The third-order valence-electron chi connectivity index (χ3n) is 6.29. The Labute approximate surface area is 244 Å². The lowest BCUT2D eigenvalue weighted by Gasteiger charge is -2.27. The van der Waals surface area contributed by atoms with E-state index in [0.717, 1.165) is 27.6 Å². The van der Waals surface area contributed by atoms with Gasteiger partial charge >= 0.3 is 6.18 Å². The topological polar surface area (TPSA) is 120 Å². The Bertz CT molecular complexity index is 1600. The van der Waals surface area contributed by atoms with Gasteiger partial charge in [0.15, 0.2) is 11.5 Å². The first kappa shape index (κ1) is 28.0. The Balaban J connectivity index is 1.50. The number of carbonyl (C=O) groups is 2. The van der Waals surface area contributed by atoms with Gasteiger partial charge in [0.05, 0.1) is 28.2 Å². The van der Waals surface area contributed by atoms with E-state index in [2.05, 4.69) is 53.5 Å². The maximum Gasteiger partial charge on any atom is 0.436 e. The van der Waals surface area contributed by atoms with Crippen molar-refractivity contribution in [3.8, 4) is 5.82 Å². The minimum atomic E-state index is -4.65. The molecular formula is C25H21ClF3IN8O2. The molecule has 4 aromatic rings. The molecule has 0 unspecified atom stereocenters. The number of anilines is 1. The lowest BCUT2D eigenvalue weighted by Crippen LogP contribution is -2.40. The van der Waals surface area contributed by atoms with E-state index in [0.29, 0.717) is 23.0 Å². The van der Waals surface area contributed by atoms with Crippen LogP contribution >= 0.6 is 34.2 Å². The molecule has 15 heteroatoms. The predicted octanol–water partition coefficient (Wildman–Crippen LogP) is 5.03. The van der Waals surface area contributed by atoms with E-state index in [1.165, 1.54) is 16.9 Å². The maximum atomic E-state index is 13.7. The minimum absolute atomic E-state index is 0.0119. The van der Waals surface area contributed by atoms with Crippen LogP contribution in [0.5, 0.6) is 0 Å². The first-order valence-corrected chi connectivity index (χ1v) is 13.5. The average Bonchev–Trinajstić information content (AvgIpc) is 3.51. The summed E-state index contributed by atoms with van der Waals surface area (Å²) in [6, 6.07) is 8.16. The van der Waals surface area contributed by atoms with Gasteiger partial charge in [0.2, 0.25) is 0 Å². The summed E-state index contributed by atoms with van der Waals surface area (Å²) in [5.74, 6) is -0.798. The Morgan fingerprint density at radius 3 is 2.60 bits per heavy atom. The summed E-state index contributed by atoms with van der Waals surface area (Å²) in [6.07, 6.45) is 0.264. The molecule has 1 aliphatic rings. The van der Waals surface area contributed by atoms with Crippen LogP contribution in [-0.4, -0.2) is 47.6 Å². The molecule has 0 atom stereocenters. The summed E-state index contributed by atoms with van der Waals surface area (Å²) in [4.78, 5) is 31.8. The van der Waals surface area contributed by atoms with Crippen LogP contribution in [0.1, 0.15) is 57.1 Å². The fourth-order valence-corrected chi connectivity index (χ4v) is 5.07. The van der Waals surface area contributed by atoms with Crippen LogP contribution in [-0.2, 0) is 12.7 Å². The molecule has 1 fully saturated rings. The molecule has 3 heterocycles. The van der Waals surface area contributed by atoms with E-state index in [1.54, 1.807) is 25.1 Å². The molecule has 208 valence electrons. The predicted molar refractivity (Wildman–Crippen MR) is 147 cm³/mol. The van der Waals surface area contributed by atoms with Crippen molar-refractivity contribution in [3.63, 3.8) is 0 Å². The second-order valence-corrected chi connectivity index (χ2v) is 10.9. The van der Waals surface area contributed by atoms with E-state index >= 15 is 0 Å². The number of nitrogens with one attached hydrogen (secondary N) is 2. The van der Waals surface area contributed by atoms with Crippen LogP contribution in [0.25, 0.3) is 5.82 Å². The standard InChI is InChI=1S/C25H21ClF3IN8O2/c1-13-8-14(30)9-17(23(39)33-15-4-2-5-15)21(13)34-24(40)19-10-16(12-37-32-11-20(36-37)25(27,28)29)35-38(19)22-18(26)6-3-7-31-22/h3,6-11,15H,2,4-5,12H2,1H3,(H,33,39)(H,34,40). The number of amides is 2. The zero-order valence-corrected chi connectivity index (χ0v) is 23.8. The van der Waals surface area contributed by atoms with E-state index in [1.807, 2.05) is 6.07 Å². The number of hydrogen-bond acceptors (Lipinski definition) is 6. The van der Waals surface area contributed by atoms with Crippen LogP contribution in [0.15, 0.2) is 42.7 Å². The van der Waals surface area contributed by atoms with E-state index in [9.17, 15) is 22.8 Å². The summed E-state index contributed by atoms with van der Waals surface area (Å²) in [7, 11) is 0. The molecule has 0 bridgehead atoms. The second-order valence-electron chi connectivity index (χ2n) is 9.20. The Morgan fingerprint density at radius 2 is 1.95 bits per heavy atom. The third-order valence-corrected chi connectivity index (χ3v) is 7.20. The fourth-order valence-electron chi connectivity index (χ4n) is 4.09. The molecule has 3 aromatic heterocycles. The molecule has 0 radical (unpaired) electrons. The largest absolute Gasteiger partial charge is 0.436 e. The summed E-state index contributed by atoms with van der Waals surface area (Å²) in [6.45, 7) is 1.52. The molecule has 2 amide bonds. The summed E-state index contributed by atoms with van der Waals surface area (Å²) in [5, 5.41) is 17.5. The van der Waals surface area contributed by atoms with Gasteiger partial charge in [0, 0.05) is 15.8 Å². The van der Waals surface area contributed by atoms with E-state index in [4.69, 9.17) is 11.6 Å². The Morgan fingerprint density at radius 1 is 1.18 bits per heavy atom. The number of nitrogens with zero attached hydrogens (tertiary/aromatic N) is 6. The Kier molecular flexibility index (Phi) is 7.81. The van der Waals surface area contributed by atoms with Crippen LogP contribution in [0, 0.1) is 10.5 Å². The smallest absolute Gasteiger partial charge is 0.349 e. The van der Waals surface area contributed by atoms with Crippen LogP contribution in [0.3, 0.4) is 0 Å². The molecule has 2 N–H and O–H groups in total. The average molecular weight is 685 g/mol. The number of carbonyl (C=O) groups excluding carboxylic acids is 2. The lowest BCUT2D eigenvalue weighted by atomic mass is 9.92. The minimum Gasteiger partial charge on any atom is -0.349 e. The number of rotatable bonds is 7. The van der Waals surface area contributed by atoms with Crippen molar-refractivity contribution in [1.82, 2.24) is 35.1 Å². The third kappa shape index (κ3) is 5.96. The van der Waals surface area contributed by atoms with Gasteiger partial charge in [0.25, 0.3) is 11.8 Å². The SMILES string of the molecule is Cc1cc(I)cc(C(=O)NC2CCC2)c1NC(=O)c1cc(Cn2ncc(C(F)(F)F)n2)nn1-c1ncccc1Cl. The number of pyridine rings is 1. The quantitative estimate of drug-likeness (QED) is 0.264. The van der Waals surface area contributed by atoms with Gasteiger partial charge in [-0.15, -0.1) is 5.10 Å². The van der Waals surface area contributed by atoms with Crippen LogP contribution in [0.4, 0.5) is 18.9 Å². The summed E-state index contributed by atoms with van der Waals surface area (Å²) < 4.78 is 41.0. The lowest BCUT2D eigenvalue weighted by molar-refractivity contribution is -0.141. The number of benzene rings is 1. The van der Waals surface area contributed by atoms with Crippen molar-refractivity contribution in [3.05, 3.63) is 79.5 Å². The molecule has 0 aliphatic heterocycles. The van der Waals surface area contributed by atoms with Gasteiger partial charge in [0.1, 0.15) is 12.2 Å². The molecule has 5 rings (SSSR count). The highest BCUT2D eigenvalue weighted by Gasteiger charge is 2.34.